The quantitative estimate of drug-likeness (QED) is 0.0337. The molecule has 0 heterocycles. The number of anilines is 2. The number of rotatable bonds is 7. The lowest BCUT2D eigenvalue weighted by Crippen LogP contribution is -2.14. The maximum Gasteiger partial charge on any atom is 0.416 e. The molecule has 0 bridgehead atoms. The molecule has 0 aliphatic heterocycles. The van der Waals surface area contributed by atoms with Crippen LogP contribution >= 0.6 is 0 Å². The molecule has 0 aliphatic rings. The standard InChI is InChI=1S/C20H13F3N2O4.C14H9F3O2.C6H6N2O3/c21-20(22,23)13-7-5-12(6-8-13)15-3-1-2-4-16(15)19(27)24-17-10-9-14(26)11-18(17)25(28)29;15-14(16,17)10-7-5-9(6-8-10)11-3-1-2-4-12(11)13(18)19;7-5-2-1-4(9)3-6(5)8(10)11/h1-11,26H,(H,24,27);1-8H,(H,18,19);1-3,9H,7H2. The molecule has 1 amide bonds. The van der Waals surface area contributed by atoms with Crippen LogP contribution in [-0.4, -0.2) is 37.0 Å². The number of benzene rings is 6. The molecule has 0 atom stereocenters. The molecular weight excluding hydrogens is 794 g/mol. The highest BCUT2D eigenvalue weighted by atomic mass is 19.4. The van der Waals surface area contributed by atoms with Gasteiger partial charge >= 0.3 is 18.3 Å². The number of carboxylic acid groups (broad SMARTS) is 1. The van der Waals surface area contributed by atoms with Gasteiger partial charge in [-0.2, -0.15) is 26.3 Å². The largest absolute Gasteiger partial charge is 0.508 e. The summed E-state index contributed by atoms with van der Waals surface area (Å²) in [5.41, 5.74) is 4.56. The van der Waals surface area contributed by atoms with Crippen molar-refractivity contribution in [2.45, 2.75) is 12.4 Å². The Morgan fingerprint density at radius 1 is 0.576 bits per heavy atom. The fourth-order valence-corrected chi connectivity index (χ4v) is 5.19. The van der Waals surface area contributed by atoms with Crippen LogP contribution in [0.15, 0.2) is 133 Å². The van der Waals surface area contributed by atoms with Gasteiger partial charge in [-0.05, 0) is 82.9 Å². The van der Waals surface area contributed by atoms with Gasteiger partial charge in [0.05, 0.1) is 38.7 Å². The number of nitro groups is 2. The zero-order valence-electron chi connectivity index (χ0n) is 29.7. The fourth-order valence-electron chi connectivity index (χ4n) is 5.19. The number of hydrogen-bond acceptors (Lipinski definition) is 9. The van der Waals surface area contributed by atoms with Gasteiger partial charge < -0.3 is 26.4 Å². The molecule has 13 nitrogen and oxygen atoms in total. The van der Waals surface area contributed by atoms with E-state index in [0.717, 1.165) is 36.4 Å². The normalized spacial score (nSPS) is 10.9. The summed E-state index contributed by atoms with van der Waals surface area (Å²) < 4.78 is 75.6. The number of amides is 1. The molecule has 0 aromatic heterocycles. The zero-order chi connectivity index (χ0) is 43.7. The van der Waals surface area contributed by atoms with Gasteiger partial charge in [-0.3, -0.25) is 25.0 Å². The third-order valence-corrected chi connectivity index (χ3v) is 8.01. The average Bonchev–Trinajstić information content (AvgIpc) is 3.19. The lowest BCUT2D eigenvalue weighted by atomic mass is 9.98. The SMILES string of the molecule is Nc1ccc(O)cc1[N+](=O)[O-].O=C(Nc1ccc(O)cc1[N+](=O)[O-])c1ccccc1-c1ccc(C(F)(F)F)cc1.O=C(O)c1ccccc1-c1ccc(C(F)(F)F)cc1. The van der Waals surface area contributed by atoms with Crippen molar-refractivity contribution >= 4 is 34.6 Å². The fraction of sp³-hybridized carbons (Fsp3) is 0.0500. The lowest BCUT2D eigenvalue weighted by molar-refractivity contribution is -0.384. The molecule has 6 aromatic rings. The third kappa shape index (κ3) is 11.5. The van der Waals surface area contributed by atoms with Gasteiger partial charge in [0.25, 0.3) is 17.3 Å². The molecule has 6 rings (SSSR count). The third-order valence-electron chi connectivity index (χ3n) is 8.01. The summed E-state index contributed by atoms with van der Waals surface area (Å²) in [6.45, 7) is 0. The van der Waals surface area contributed by atoms with E-state index in [-0.39, 0.29) is 39.7 Å². The van der Waals surface area contributed by atoms with Crippen LogP contribution in [0.2, 0.25) is 0 Å². The first kappa shape index (κ1) is 43.8. The number of carbonyl (C=O) groups excluding carboxylic acids is 1. The highest BCUT2D eigenvalue weighted by Gasteiger charge is 2.31. The molecule has 6 N–H and O–H groups in total. The summed E-state index contributed by atoms with van der Waals surface area (Å²) in [4.78, 5) is 43.7. The highest BCUT2D eigenvalue weighted by molar-refractivity contribution is 6.09. The van der Waals surface area contributed by atoms with Gasteiger partial charge in [-0.15, -0.1) is 0 Å². The number of carboxylic acids is 1. The van der Waals surface area contributed by atoms with E-state index in [1.54, 1.807) is 36.4 Å². The van der Waals surface area contributed by atoms with E-state index in [2.05, 4.69) is 5.32 Å². The Morgan fingerprint density at radius 3 is 1.41 bits per heavy atom. The van der Waals surface area contributed by atoms with Crippen molar-refractivity contribution in [2.24, 2.45) is 0 Å². The van der Waals surface area contributed by atoms with Crippen molar-refractivity contribution in [3.05, 3.63) is 176 Å². The van der Waals surface area contributed by atoms with E-state index in [1.807, 2.05) is 0 Å². The number of phenols is 2. The van der Waals surface area contributed by atoms with Crippen molar-refractivity contribution in [2.75, 3.05) is 11.1 Å². The topological polar surface area (TPSA) is 219 Å². The predicted molar refractivity (Wildman–Crippen MR) is 203 cm³/mol. The van der Waals surface area contributed by atoms with Crippen LogP contribution in [0.25, 0.3) is 22.3 Å². The van der Waals surface area contributed by atoms with Crippen LogP contribution in [0.3, 0.4) is 0 Å². The zero-order valence-corrected chi connectivity index (χ0v) is 29.7. The lowest BCUT2D eigenvalue weighted by Gasteiger charge is -2.12. The average molecular weight is 823 g/mol. The predicted octanol–water partition coefficient (Wildman–Crippen LogP) is 10.2. The molecule has 0 saturated carbocycles. The van der Waals surface area contributed by atoms with Crippen LogP contribution in [0, 0.1) is 20.2 Å². The summed E-state index contributed by atoms with van der Waals surface area (Å²) in [6, 6.07) is 28.0. The van der Waals surface area contributed by atoms with E-state index in [9.17, 15) is 61.3 Å². The summed E-state index contributed by atoms with van der Waals surface area (Å²) in [5, 5.41) is 51.0. The Labute approximate surface area is 328 Å². The van der Waals surface area contributed by atoms with E-state index in [1.165, 1.54) is 60.7 Å². The smallest absolute Gasteiger partial charge is 0.416 e. The number of phenolic OH excluding ortho intramolecular Hbond substituents is 2. The number of hydrogen-bond donors (Lipinski definition) is 5. The summed E-state index contributed by atoms with van der Waals surface area (Å²) in [5.74, 6) is -2.30. The van der Waals surface area contributed by atoms with Crippen LogP contribution in [0.5, 0.6) is 11.5 Å². The van der Waals surface area contributed by atoms with Gasteiger partial charge in [0.2, 0.25) is 0 Å². The van der Waals surface area contributed by atoms with Gasteiger partial charge in [-0.1, -0.05) is 60.7 Å². The minimum atomic E-state index is -4.48. The van der Waals surface area contributed by atoms with Crippen molar-refractivity contribution in [3.8, 4) is 33.8 Å². The maximum atomic E-state index is 12.8. The second-order valence-corrected chi connectivity index (χ2v) is 12.0. The van der Waals surface area contributed by atoms with Crippen molar-refractivity contribution in [1.82, 2.24) is 0 Å². The second-order valence-electron chi connectivity index (χ2n) is 12.0. The number of nitrogens with two attached hydrogens (primary N) is 1. The minimum absolute atomic E-state index is 0.0489. The first-order chi connectivity index (χ1) is 27.7. The highest BCUT2D eigenvalue weighted by Crippen LogP contribution is 2.34. The number of alkyl halides is 6. The molecule has 0 spiro atoms. The number of nitro benzene ring substituents is 2. The molecule has 6 aromatic carbocycles. The first-order valence-corrected chi connectivity index (χ1v) is 16.5. The van der Waals surface area contributed by atoms with Crippen LogP contribution in [0.4, 0.5) is 49.1 Å². The summed E-state index contributed by atoms with van der Waals surface area (Å²) in [7, 11) is 0. The van der Waals surface area contributed by atoms with E-state index < -0.39 is 50.9 Å². The number of nitrogen functional groups attached to an aromatic ring is 1. The van der Waals surface area contributed by atoms with E-state index >= 15 is 0 Å². The molecule has 0 saturated heterocycles. The number of aromatic carboxylic acids is 1. The van der Waals surface area contributed by atoms with Crippen molar-refractivity contribution < 1.29 is 61.1 Å². The number of aromatic hydroxyl groups is 2. The van der Waals surface area contributed by atoms with Crippen LogP contribution < -0.4 is 11.1 Å². The van der Waals surface area contributed by atoms with Crippen molar-refractivity contribution in [3.63, 3.8) is 0 Å². The van der Waals surface area contributed by atoms with Gasteiger partial charge in [-0.25, -0.2) is 4.79 Å². The second kappa shape index (κ2) is 18.3. The van der Waals surface area contributed by atoms with Gasteiger partial charge in [0.1, 0.15) is 22.9 Å². The number of halogens is 6. The number of nitrogens with one attached hydrogen (secondary N) is 1. The molecule has 19 heteroatoms. The Morgan fingerprint density at radius 2 is 0.983 bits per heavy atom. The Kier molecular flexibility index (Phi) is 13.6. The van der Waals surface area contributed by atoms with Crippen molar-refractivity contribution in [1.29, 1.82) is 0 Å². The van der Waals surface area contributed by atoms with E-state index in [4.69, 9.17) is 15.9 Å². The Hall–Kier alpha value is -7.96. The Bertz CT molecular complexity index is 2490. The molecule has 0 fully saturated rings. The minimum Gasteiger partial charge on any atom is -0.508 e. The first-order valence-electron chi connectivity index (χ1n) is 16.5. The molecule has 304 valence electrons. The maximum absolute atomic E-state index is 12.8. The van der Waals surface area contributed by atoms with Gasteiger partial charge in [0.15, 0.2) is 0 Å². The summed E-state index contributed by atoms with van der Waals surface area (Å²) >= 11 is 0. The van der Waals surface area contributed by atoms with E-state index in [0.29, 0.717) is 22.3 Å². The summed E-state index contributed by atoms with van der Waals surface area (Å²) in [6.07, 6.45) is -8.88. The number of carbonyl (C=O) groups is 2. The Balaban J connectivity index is 0.000000219. The van der Waals surface area contributed by atoms with Gasteiger partial charge in [0, 0.05) is 5.56 Å². The molecule has 0 unspecified atom stereocenters. The molecule has 0 radical (unpaired) electrons. The molecular formula is C40H28F6N4O9. The molecule has 59 heavy (non-hydrogen) atoms. The van der Waals surface area contributed by atoms with Crippen LogP contribution in [0.1, 0.15) is 31.8 Å². The van der Waals surface area contributed by atoms with Crippen LogP contribution in [-0.2, 0) is 12.4 Å². The molecule has 0 aliphatic carbocycles. The monoisotopic (exact) mass is 822 g/mol. The number of nitrogens with zero attached hydrogens (tertiary/aromatic N) is 2.